The Kier molecular flexibility index (Phi) is 3.40. The van der Waals surface area contributed by atoms with E-state index in [0.29, 0.717) is 30.5 Å². The van der Waals surface area contributed by atoms with Crippen LogP contribution in [0.15, 0.2) is 17.3 Å². The third kappa shape index (κ3) is 1.96. The highest BCUT2D eigenvalue weighted by atomic mass is 16.6. The molecule has 20 heavy (non-hydrogen) atoms. The van der Waals surface area contributed by atoms with E-state index in [1.165, 1.54) is 0 Å². The molecule has 108 valence electrons. The number of hydrogen-bond donors (Lipinski definition) is 0. The Labute approximate surface area is 117 Å². The number of benzene rings is 1. The van der Waals surface area contributed by atoms with Crippen molar-refractivity contribution in [2.24, 2.45) is 11.1 Å². The first-order valence-corrected chi connectivity index (χ1v) is 6.39. The molecule has 3 rings (SSSR count). The molecular formula is C14H17NO5. The molecule has 0 radical (unpaired) electrons. The van der Waals surface area contributed by atoms with Crippen LogP contribution >= 0.6 is 0 Å². The Balaban J connectivity index is 2.01. The summed E-state index contributed by atoms with van der Waals surface area (Å²) in [7, 11) is 4.77. The van der Waals surface area contributed by atoms with Crippen molar-refractivity contribution in [2.75, 3.05) is 34.5 Å². The van der Waals surface area contributed by atoms with Crippen molar-refractivity contribution in [2.45, 2.75) is 6.10 Å². The minimum absolute atomic E-state index is 0.212. The predicted molar refractivity (Wildman–Crippen MR) is 71.7 cm³/mol. The van der Waals surface area contributed by atoms with Gasteiger partial charge in [0.05, 0.1) is 39.6 Å². The Bertz CT molecular complexity index is 517. The topological polar surface area (TPSA) is 58.5 Å². The standard InChI is InChI=1S/C14H17NO5/c1-16-10-4-8(5-11(17-2)14(10)18-3)13-12-9(6-19-13)7-20-15-12/h4-5,9,13H,6-7H2,1-3H3/t9-,13+/m1/s1. The summed E-state index contributed by atoms with van der Waals surface area (Å²) < 4.78 is 21.8. The molecule has 0 saturated carbocycles. The highest BCUT2D eigenvalue weighted by Crippen LogP contribution is 2.42. The fourth-order valence-electron chi connectivity index (χ4n) is 2.57. The molecule has 1 saturated heterocycles. The first-order chi connectivity index (χ1) is 9.78. The van der Waals surface area contributed by atoms with Gasteiger partial charge in [-0.2, -0.15) is 0 Å². The second-order valence-corrected chi connectivity index (χ2v) is 4.68. The fraction of sp³-hybridized carbons (Fsp3) is 0.500. The van der Waals surface area contributed by atoms with E-state index in [1.807, 2.05) is 12.1 Å². The van der Waals surface area contributed by atoms with Crippen LogP contribution in [0, 0.1) is 5.92 Å². The van der Waals surface area contributed by atoms with Gasteiger partial charge in [-0.3, -0.25) is 0 Å². The summed E-state index contributed by atoms with van der Waals surface area (Å²) in [6.45, 7) is 1.22. The second kappa shape index (κ2) is 5.20. The van der Waals surface area contributed by atoms with Gasteiger partial charge in [0, 0.05) is 0 Å². The van der Waals surface area contributed by atoms with Crippen LogP contribution in [0.25, 0.3) is 0 Å². The van der Waals surface area contributed by atoms with Gasteiger partial charge in [0.25, 0.3) is 0 Å². The maximum atomic E-state index is 5.82. The lowest BCUT2D eigenvalue weighted by Gasteiger charge is -2.16. The van der Waals surface area contributed by atoms with Gasteiger partial charge in [-0.1, -0.05) is 5.16 Å². The van der Waals surface area contributed by atoms with Gasteiger partial charge in [-0.15, -0.1) is 0 Å². The Morgan fingerprint density at radius 1 is 1.05 bits per heavy atom. The molecule has 6 nitrogen and oxygen atoms in total. The van der Waals surface area contributed by atoms with E-state index >= 15 is 0 Å². The normalized spacial score (nSPS) is 23.9. The van der Waals surface area contributed by atoms with E-state index in [0.717, 1.165) is 11.3 Å². The lowest BCUT2D eigenvalue weighted by Crippen LogP contribution is -2.12. The maximum absolute atomic E-state index is 5.82. The van der Waals surface area contributed by atoms with E-state index in [-0.39, 0.29) is 12.0 Å². The van der Waals surface area contributed by atoms with Crippen LogP contribution in [-0.2, 0) is 9.57 Å². The summed E-state index contributed by atoms with van der Waals surface area (Å²) in [5, 5.41) is 4.09. The SMILES string of the molecule is COc1cc([C@@H]2OC[C@@H]3CON=C32)cc(OC)c1OC. The number of rotatable bonds is 4. The van der Waals surface area contributed by atoms with Crippen molar-refractivity contribution in [3.05, 3.63) is 17.7 Å². The van der Waals surface area contributed by atoms with Gasteiger partial charge in [0.2, 0.25) is 5.75 Å². The number of methoxy groups -OCH3 is 3. The van der Waals surface area contributed by atoms with Crippen LogP contribution in [-0.4, -0.2) is 40.3 Å². The molecule has 1 aromatic rings. The highest BCUT2D eigenvalue weighted by Gasteiger charge is 2.39. The fourth-order valence-corrected chi connectivity index (χ4v) is 2.57. The summed E-state index contributed by atoms with van der Waals surface area (Å²) in [6, 6.07) is 3.77. The van der Waals surface area contributed by atoms with E-state index < -0.39 is 0 Å². The maximum Gasteiger partial charge on any atom is 0.203 e. The van der Waals surface area contributed by atoms with Gasteiger partial charge in [-0.25, -0.2) is 0 Å². The van der Waals surface area contributed by atoms with Gasteiger partial charge in [0.1, 0.15) is 12.7 Å². The van der Waals surface area contributed by atoms with Gasteiger partial charge in [-0.05, 0) is 17.7 Å². The third-order valence-electron chi connectivity index (χ3n) is 3.59. The van der Waals surface area contributed by atoms with Gasteiger partial charge < -0.3 is 23.8 Å². The lowest BCUT2D eigenvalue weighted by atomic mass is 9.98. The number of nitrogens with zero attached hydrogens (tertiary/aromatic N) is 1. The smallest absolute Gasteiger partial charge is 0.203 e. The van der Waals surface area contributed by atoms with Crippen molar-refractivity contribution in [3.8, 4) is 17.2 Å². The van der Waals surface area contributed by atoms with Crippen LogP contribution in [0.5, 0.6) is 17.2 Å². The van der Waals surface area contributed by atoms with E-state index in [4.69, 9.17) is 23.8 Å². The molecule has 2 aliphatic heterocycles. The molecular weight excluding hydrogens is 262 g/mol. The minimum atomic E-state index is -0.212. The molecule has 0 spiro atoms. The molecule has 0 amide bonds. The second-order valence-electron chi connectivity index (χ2n) is 4.68. The largest absolute Gasteiger partial charge is 0.493 e. The summed E-state index contributed by atoms with van der Waals surface area (Å²) in [5.74, 6) is 2.03. The van der Waals surface area contributed by atoms with Crippen LogP contribution in [0.3, 0.4) is 0 Å². The Morgan fingerprint density at radius 2 is 1.75 bits per heavy atom. The monoisotopic (exact) mass is 279 g/mol. The Hall–Kier alpha value is -1.95. The number of fused-ring (bicyclic) bond motifs is 1. The molecule has 2 heterocycles. The molecule has 0 bridgehead atoms. The van der Waals surface area contributed by atoms with E-state index in [2.05, 4.69) is 5.16 Å². The summed E-state index contributed by atoms with van der Waals surface area (Å²) in [5.41, 5.74) is 1.85. The van der Waals surface area contributed by atoms with Crippen molar-refractivity contribution >= 4 is 5.71 Å². The lowest BCUT2D eigenvalue weighted by molar-refractivity contribution is 0.0790. The predicted octanol–water partition coefficient (Wildman–Crippen LogP) is 1.79. The summed E-state index contributed by atoms with van der Waals surface area (Å²) >= 11 is 0. The highest BCUT2D eigenvalue weighted by molar-refractivity contribution is 5.94. The van der Waals surface area contributed by atoms with E-state index in [1.54, 1.807) is 21.3 Å². The zero-order valence-electron chi connectivity index (χ0n) is 11.7. The molecule has 0 unspecified atom stereocenters. The van der Waals surface area contributed by atoms with E-state index in [9.17, 15) is 0 Å². The number of oxime groups is 1. The third-order valence-corrected chi connectivity index (χ3v) is 3.59. The van der Waals surface area contributed by atoms with Crippen LogP contribution < -0.4 is 14.2 Å². The molecule has 0 aliphatic carbocycles. The van der Waals surface area contributed by atoms with Crippen LogP contribution in [0.2, 0.25) is 0 Å². The zero-order chi connectivity index (χ0) is 14.1. The molecule has 6 heteroatoms. The molecule has 2 atom stereocenters. The molecule has 0 aromatic heterocycles. The zero-order valence-corrected chi connectivity index (χ0v) is 11.7. The first-order valence-electron chi connectivity index (χ1n) is 6.39. The first kappa shape index (κ1) is 13.1. The van der Waals surface area contributed by atoms with Crippen molar-refractivity contribution in [1.29, 1.82) is 0 Å². The van der Waals surface area contributed by atoms with Crippen molar-refractivity contribution < 1.29 is 23.8 Å². The van der Waals surface area contributed by atoms with Crippen LogP contribution in [0.1, 0.15) is 11.7 Å². The minimum Gasteiger partial charge on any atom is -0.493 e. The molecule has 1 fully saturated rings. The van der Waals surface area contributed by atoms with Crippen molar-refractivity contribution in [1.82, 2.24) is 0 Å². The van der Waals surface area contributed by atoms with Gasteiger partial charge in [0.15, 0.2) is 11.5 Å². The number of hydrogen-bond acceptors (Lipinski definition) is 6. The quantitative estimate of drug-likeness (QED) is 0.841. The molecule has 0 N–H and O–H groups in total. The van der Waals surface area contributed by atoms with Crippen LogP contribution in [0.4, 0.5) is 0 Å². The average Bonchev–Trinajstić information content (AvgIpc) is 3.08. The van der Waals surface area contributed by atoms with Gasteiger partial charge >= 0.3 is 0 Å². The summed E-state index contributed by atoms with van der Waals surface area (Å²) in [6.07, 6.45) is -0.212. The average molecular weight is 279 g/mol. The molecule has 2 aliphatic rings. The molecule has 1 aromatic carbocycles. The summed E-state index contributed by atoms with van der Waals surface area (Å²) in [4.78, 5) is 5.14. The number of ether oxygens (including phenoxy) is 4. The Morgan fingerprint density at radius 3 is 2.35 bits per heavy atom. The van der Waals surface area contributed by atoms with Crippen molar-refractivity contribution in [3.63, 3.8) is 0 Å².